The molecular weight excluding hydrogens is 246 g/mol. The van der Waals surface area contributed by atoms with Crippen LogP contribution < -0.4 is 5.32 Å². The average molecular weight is 268 g/mol. The highest BCUT2D eigenvalue weighted by atomic mass is 35.5. The molecule has 0 bridgehead atoms. The molecule has 2 nitrogen and oxygen atoms in total. The number of hydrogen-bond donors (Lipinski definition) is 1. The van der Waals surface area contributed by atoms with E-state index < -0.39 is 0 Å². The number of ether oxygens (including phenoxy) is 1. The predicted molar refractivity (Wildman–Crippen MR) is 76.3 cm³/mol. The van der Waals surface area contributed by atoms with Gasteiger partial charge in [0.1, 0.15) is 0 Å². The van der Waals surface area contributed by atoms with Crippen molar-refractivity contribution in [1.29, 1.82) is 0 Å². The summed E-state index contributed by atoms with van der Waals surface area (Å²) in [6.45, 7) is 4.97. The van der Waals surface area contributed by atoms with Crippen molar-refractivity contribution < 1.29 is 4.74 Å². The predicted octanol–water partition coefficient (Wildman–Crippen LogP) is 3.24. The van der Waals surface area contributed by atoms with Gasteiger partial charge >= 0.3 is 0 Å². The minimum atomic E-state index is 0.299. The number of benzene rings is 1. The maximum atomic E-state index is 6.11. The third-order valence-electron chi connectivity index (χ3n) is 4.05. The van der Waals surface area contributed by atoms with Crippen LogP contribution in [0.25, 0.3) is 0 Å². The molecule has 1 aromatic rings. The molecule has 2 atom stereocenters. The Bertz CT molecular complexity index is 396. The van der Waals surface area contributed by atoms with Gasteiger partial charge < -0.3 is 10.1 Å². The zero-order valence-electron chi connectivity index (χ0n) is 11.2. The maximum Gasteiger partial charge on any atom is 0.0587 e. The van der Waals surface area contributed by atoms with Crippen LogP contribution in [-0.4, -0.2) is 26.8 Å². The molecule has 3 heteroatoms. The van der Waals surface area contributed by atoms with Crippen LogP contribution in [0.2, 0.25) is 5.02 Å². The van der Waals surface area contributed by atoms with Gasteiger partial charge in [-0.3, -0.25) is 0 Å². The lowest BCUT2D eigenvalue weighted by Crippen LogP contribution is -2.31. The molecule has 2 rings (SSSR count). The molecule has 1 N–H and O–H groups in total. The Kier molecular flexibility index (Phi) is 4.66. The van der Waals surface area contributed by atoms with E-state index in [1.54, 1.807) is 7.11 Å². The van der Waals surface area contributed by atoms with Crippen LogP contribution in [0.1, 0.15) is 25.3 Å². The van der Waals surface area contributed by atoms with Crippen molar-refractivity contribution in [1.82, 2.24) is 5.32 Å². The molecule has 0 heterocycles. The molecule has 0 spiro atoms. The van der Waals surface area contributed by atoms with Crippen molar-refractivity contribution in [2.75, 3.05) is 26.8 Å². The molecule has 1 aliphatic rings. The van der Waals surface area contributed by atoms with E-state index >= 15 is 0 Å². The van der Waals surface area contributed by atoms with Crippen LogP contribution in [0, 0.1) is 5.92 Å². The van der Waals surface area contributed by atoms with Gasteiger partial charge in [-0.1, -0.05) is 37.1 Å². The Hall–Kier alpha value is -0.570. The zero-order valence-corrected chi connectivity index (χ0v) is 12.0. The second kappa shape index (κ2) is 6.05. The number of methoxy groups -OCH3 is 1. The van der Waals surface area contributed by atoms with Crippen molar-refractivity contribution in [3.63, 3.8) is 0 Å². The van der Waals surface area contributed by atoms with Crippen LogP contribution in [0.15, 0.2) is 24.3 Å². The smallest absolute Gasteiger partial charge is 0.0587 e. The second-order valence-corrected chi connectivity index (χ2v) is 5.58. The van der Waals surface area contributed by atoms with E-state index in [2.05, 4.69) is 30.4 Å². The summed E-state index contributed by atoms with van der Waals surface area (Å²) in [5, 5.41) is 4.34. The molecule has 1 aromatic carbocycles. The second-order valence-electron chi connectivity index (χ2n) is 5.15. The van der Waals surface area contributed by atoms with E-state index in [1.165, 1.54) is 18.4 Å². The minimum Gasteiger partial charge on any atom is -0.383 e. The van der Waals surface area contributed by atoms with Gasteiger partial charge in [0.05, 0.1) is 6.61 Å². The fraction of sp³-hybridized carbons (Fsp3) is 0.600. The molecular formula is C15H22ClNO. The highest BCUT2D eigenvalue weighted by Crippen LogP contribution is 2.55. The lowest BCUT2D eigenvalue weighted by atomic mass is 9.92. The van der Waals surface area contributed by atoms with Crippen LogP contribution in [0.3, 0.4) is 0 Å². The summed E-state index contributed by atoms with van der Waals surface area (Å²) < 4.78 is 5.07. The quantitative estimate of drug-likeness (QED) is 0.766. The number of hydrogen-bond acceptors (Lipinski definition) is 2. The van der Waals surface area contributed by atoms with Crippen molar-refractivity contribution in [3.8, 4) is 0 Å². The van der Waals surface area contributed by atoms with Crippen LogP contribution >= 0.6 is 11.6 Å². The fourth-order valence-electron chi connectivity index (χ4n) is 2.87. The molecule has 1 fully saturated rings. The summed E-state index contributed by atoms with van der Waals surface area (Å²) in [4.78, 5) is 0. The van der Waals surface area contributed by atoms with Gasteiger partial charge in [0, 0.05) is 30.6 Å². The Morgan fingerprint density at radius 2 is 2.33 bits per heavy atom. The van der Waals surface area contributed by atoms with Gasteiger partial charge in [0.2, 0.25) is 0 Å². The van der Waals surface area contributed by atoms with Crippen molar-refractivity contribution in [2.24, 2.45) is 5.92 Å². The van der Waals surface area contributed by atoms with Crippen LogP contribution in [-0.2, 0) is 10.2 Å². The molecule has 0 aromatic heterocycles. The first-order valence-electron chi connectivity index (χ1n) is 6.68. The molecule has 0 saturated heterocycles. The van der Waals surface area contributed by atoms with Crippen LogP contribution in [0.4, 0.5) is 0 Å². The van der Waals surface area contributed by atoms with E-state index in [0.29, 0.717) is 5.41 Å². The minimum absolute atomic E-state index is 0.299. The molecule has 18 heavy (non-hydrogen) atoms. The highest BCUT2D eigenvalue weighted by molar-refractivity contribution is 6.30. The Balaban J connectivity index is 2.04. The van der Waals surface area contributed by atoms with E-state index in [9.17, 15) is 0 Å². The largest absolute Gasteiger partial charge is 0.383 e. The summed E-state index contributed by atoms with van der Waals surface area (Å²) in [7, 11) is 1.74. The SMILES string of the molecule is CCC1CC1(CNCCOC)c1cccc(Cl)c1. The summed E-state index contributed by atoms with van der Waals surface area (Å²) in [6, 6.07) is 8.33. The molecule has 0 radical (unpaired) electrons. The Morgan fingerprint density at radius 1 is 1.50 bits per heavy atom. The topological polar surface area (TPSA) is 21.3 Å². The summed E-state index contributed by atoms with van der Waals surface area (Å²) in [5.41, 5.74) is 1.68. The maximum absolute atomic E-state index is 6.11. The van der Waals surface area contributed by atoms with E-state index in [4.69, 9.17) is 16.3 Å². The summed E-state index contributed by atoms with van der Waals surface area (Å²) in [6.07, 6.45) is 2.50. The molecule has 1 saturated carbocycles. The molecule has 1 aliphatic carbocycles. The van der Waals surface area contributed by atoms with E-state index in [1.807, 2.05) is 6.07 Å². The van der Waals surface area contributed by atoms with Gasteiger partial charge in [-0.25, -0.2) is 0 Å². The average Bonchev–Trinajstić information content (AvgIpc) is 3.10. The standard InChI is InChI=1S/C15H22ClNO/c1-3-12-10-15(12,11-17-7-8-18-2)13-5-4-6-14(16)9-13/h4-6,9,12,17H,3,7-8,10-11H2,1-2H3. The normalized spacial score (nSPS) is 26.3. The van der Waals surface area contributed by atoms with Crippen LogP contribution in [0.5, 0.6) is 0 Å². The van der Waals surface area contributed by atoms with Crippen molar-refractivity contribution >= 4 is 11.6 Å². The van der Waals surface area contributed by atoms with Gasteiger partial charge in [-0.2, -0.15) is 0 Å². The van der Waals surface area contributed by atoms with Gasteiger partial charge in [0.25, 0.3) is 0 Å². The first kappa shape index (κ1) is 13.9. The first-order chi connectivity index (χ1) is 8.73. The zero-order chi connectivity index (χ0) is 13.0. The fourth-order valence-corrected chi connectivity index (χ4v) is 3.06. The number of rotatable bonds is 7. The lowest BCUT2D eigenvalue weighted by molar-refractivity contribution is 0.198. The van der Waals surface area contributed by atoms with Gasteiger partial charge in [0.15, 0.2) is 0 Å². The van der Waals surface area contributed by atoms with Gasteiger partial charge in [-0.15, -0.1) is 0 Å². The number of nitrogens with one attached hydrogen (secondary N) is 1. The molecule has 0 aliphatic heterocycles. The summed E-state index contributed by atoms with van der Waals surface area (Å²) >= 11 is 6.11. The van der Waals surface area contributed by atoms with Crippen molar-refractivity contribution in [3.05, 3.63) is 34.9 Å². The molecule has 0 amide bonds. The van der Waals surface area contributed by atoms with Gasteiger partial charge in [-0.05, 0) is 30.0 Å². The Morgan fingerprint density at radius 3 is 2.94 bits per heavy atom. The van der Waals surface area contributed by atoms with Crippen molar-refractivity contribution in [2.45, 2.75) is 25.2 Å². The van der Waals surface area contributed by atoms with E-state index in [0.717, 1.165) is 30.6 Å². The third kappa shape index (κ3) is 2.87. The monoisotopic (exact) mass is 267 g/mol. The lowest BCUT2D eigenvalue weighted by Gasteiger charge is -2.19. The molecule has 2 unspecified atom stereocenters. The highest BCUT2D eigenvalue weighted by Gasteiger charge is 2.53. The number of halogens is 1. The first-order valence-corrected chi connectivity index (χ1v) is 7.06. The summed E-state index contributed by atoms with van der Waals surface area (Å²) in [5.74, 6) is 0.783. The van der Waals surface area contributed by atoms with E-state index in [-0.39, 0.29) is 0 Å². The Labute approximate surface area is 115 Å². The molecule has 100 valence electrons. The third-order valence-corrected chi connectivity index (χ3v) is 4.28.